The summed E-state index contributed by atoms with van der Waals surface area (Å²) in [6.07, 6.45) is 3.95. The molecule has 2 atom stereocenters. The van der Waals surface area contributed by atoms with Crippen LogP contribution in [0.15, 0.2) is 17.5 Å². The molecule has 1 aromatic heterocycles. The van der Waals surface area contributed by atoms with E-state index in [1.165, 1.54) is 11.3 Å². The van der Waals surface area contributed by atoms with Crippen LogP contribution in [-0.4, -0.2) is 41.8 Å². The number of nitrogens with one attached hydrogen (secondary N) is 1. The molecule has 3 heterocycles. The van der Waals surface area contributed by atoms with Gasteiger partial charge in [0.05, 0.1) is 4.88 Å². The Labute approximate surface area is 123 Å². The van der Waals surface area contributed by atoms with Crippen LogP contribution >= 0.6 is 11.3 Å². The first-order valence-electron chi connectivity index (χ1n) is 7.34. The number of nitrogens with zero attached hydrogens (tertiary/aromatic N) is 1. The van der Waals surface area contributed by atoms with E-state index in [1.807, 2.05) is 17.5 Å². The van der Waals surface area contributed by atoms with Gasteiger partial charge in [0.2, 0.25) is 5.91 Å². The van der Waals surface area contributed by atoms with E-state index in [4.69, 9.17) is 0 Å². The fraction of sp³-hybridized carbons (Fsp3) is 0.600. The van der Waals surface area contributed by atoms with Crippen LogP contribution in [0.5, 0.6) is 0 Å². The molecule has 1 amide bonds. The molecule has 2 unspecified atom stereocenters. The molecule has 0 aliphatic carbocycles. The first-order valence-corrected chi connectivity index (χ1v) is 8.22. The van der Waals surface area contributed by atoms with Crippen molar-refractivity contribution >= 4 is 23.0 Å². The van der Waals surface area contributed by atoms with Crippen molar-refractivity contribution in [1.29, 1.82) is 0 Å². The van der Waals surface area contributed by atoms with E-state index in [9.17, 15) is 9.59 Å². The maximum atomic E-state index is 12.4. The second-order valence-corrected chi connectivity index (χ2v) is 6.53. The molecule has 2 aliphatic heterocycles. The zero-order valence-electron chi connectivity index (χ0n) is 11.5. The Balaban J connectivity index is 1.58. The minimum absolute atomic E-state index is 0.0913. The van der Waals surface area contributed by atoms with Gasteiger partial charge in [-0.05, 0) is 37.3 Å². The molecule has 2 bridgehead atoms. The highest BCUT2D eigenvalue weighted by Crippen LogP contribution is 2.28. The molecule has 2 saturated heterocycles. The second-order valence-electron chi connectivity index (χ2n) is 5.58. The van der Waals surface area contributed by atoms with Crippen LogP contribution in [0.2, 0.25) is 0 Å². The quantitative estimate of drug-likeness (QED) is 0.864. The lowest BCUT2D eigenvalue weighted by Gasteiger charge is -2.27. The van der Waals surface area contributed by atoms with Crippen molar-refractivity contribution in [1.82, 2.24) is 10.2 Å². The smallest absolute Gasteiger partial charge is 0.223 e. The van der Waals surface area contributed by atoms with E-state index in [2.05, 4.69) is 10.2 Å². The molecule has 2 fully saturated rings. The summed E-state index contributed by atoms with van der Waals surface area (Å²) in [7, 11) is 0. The van der Waals surface area contributed by atoms with Crippen molar-refractivity contribution < 1.29 is 9.59 Å². The summed E-state index contributed by atoms with van der Waals surface area (Å²) in [6.45, 7) is 1.90. The van der Waals surface area contributed by atoms with Gasteiger partial charge >= 0.3 is 0 Å². The van der Waals surface area contributed by atoms with E-state index in [1.54, 1.807) is 0 Å². The zero-order valence-corrected chi connectivity index (χ0v) is 12.3. The SMILES string of the molecule is O=C(CCC(=O)N1C2CCNCC1CC2)c1cccs1. The molecule has 3 rings (SSSR count). The molecular formula is C15H20N2O2S. The number of hydrogen-bond donors (Lipinski definition) is 1. The fourth-order valence-electron chi connectivity index (χ4n) is 3.30. The average Bonchev–Trinajstić information content (AvgIpc) is 3.03. The number of Topliss-reactive ketones (excluding diaryl/α,β-unsaturated/α-hetero) is 1. The molecular weight excluding hydrogens is 272 g/mol. The second kappa shape index (κ2) is 6.06. The Kier molecular flexibility index (Phi) is 4.17. The Morgan fingerprint density at radius 2 is 2.10 bits per heavy atom. The molecule has 1 N–H and O–H groups in total. The predicted octanol–water partition coefficient (Wildman–Crippen LogP) is 2.06. The van der Waals surface area contributed by atoms with Gasteiger partial charge in [-0.2, -0.15) is 0 Å². The van der Waals surface area contributed by atoms with Crippen molar-refractivity contribution in [3.63, 3.8) is 0 Å². The monoisotopic (exact) mass is 292 g/mol. The molecule has 108 valence electrons. The number of amides is 1. The third-order valence-electron chi connectivity index (χ3n) is 4.30. The van der Waals surface area contributed by atoms with Crippen molar-refractivity contribution in [2.24, 2.45) is 0 Å². The minimum atomic E-state index is 0.0913. The first kappa shape index (κ1) is 13.8. The van der Waals surface area contributed by atoms with E-state index < -0.39 is 0 Å². The lowest BCUT2D eigenvalue weighted by atomic mass is 10.1. The fourth-order valence-corrected chi connectivity index (χ4v) is 3.99. The van der Waals surface area contributed by atoms with Gasteiger partial charge in [0.1, 0.15) is 0 Å². The highest BCUT2D eigenvalue weighted by molar-refractivity contribution is 7.12. The normalized spacial score (nSPS) is 25.5. The van der Waals surface area contributed by atoms with Crippen molar-refractivity contribution in [2.75, 3.05) is 13.1 Å². The van der Waals surface area contributed by atoms with Gasteiger partial charge in [0.15, 0.2) is 5.78 Å². The summed E-state index contributed by atoms with van der Waals surface area (Å²) in [5.41, 5.74) is 0. The third-order valence-corrected chi connectivity index (χ3v) is 5.22. The largest absolute Gasteiger partial charge is 0.335 e. The predicted molar refractivity (Wildman–Crippen MR) is 79.0 cm³/mol. The molecule has 5 heteroatoms. The number of carbonyl (C=O) groups excluding carboxylic acids is 2. The third kappa shape index (κ3) is 2.79. The Morgan fingerprint density at radius 1 is 1.25 bits per heavy atom. The molecule has 2 aliphatic rings. The standard InChI is InChI=1S/C15H20N2O2S/c18-13(14-2-1-9-20-14)5-6-15(19)17-11-3-4-12(17)10-16-8-7-11/h1-2,9,11-12,16H,3-8,10H2. The van der Waals surface area contributed by atoms with Crippen molar-refractivity contribution in [3.8, 4) is 0 Å². The summed E-state index contributed by atoms with van der Waals surface area (Å²) < 4.78 is 0. The van der Waals surface area contributed by atoms with Crippen LogP contribution in [0, 0.1) is 0 Å². The van der Waals surface area contributed by atoms with Crippen LogP contribution in [0.1, 0.15) is 41.8 Å². The van der Waals surface area contributed by atoms with Crippen LogP contribution in [0.25, 0.3) is 0 Å². The Morgan fingerprint density at radius 3 is 2.90 bits per heavy atom. The Hall–Kier alpha value is -1.20. The minimum Gasteiger partial charge on any atom is -0.335 e. The van der Waals surface area contributed by atoms with Gasteiger partial charge in [-0.15, -0.1) is 11.3 Å². The first-order chi connectivity index (χ1) is 9.75. The summed E-state index contributed by atoms with van der Waals surface area (Å²) >= 11 is 1.45. The number of fused-ring (bicyclic) bond motifs is 2. The van der Waals surface area contributed by atoms with E-state index in [0.717, 1.165) is 37.2 Å². The number of carbonyl (C=O) groups is 2. The van der Waals surface area contributed by atoms with Crippen LogP contribution < -0.4 is 5.32 Å². The molecule has 0 aromatic carbocycles. The van der Waals surface area contributed by atoms with E-state index in [-0.39, 0.29) is 11.7 Å². The van der Waals surface area contributed by atoms with E-state index in [0.29, 0.717) is 24.9 Å². The van der Waals surface area contributed by atoms with Gasteiger partial charge in [0.25, 0.3) is 0 Å². The molecule has 4 nitrogen and oxygen atoms in total. The summed E-state index contributed by atoms with van der Waals surface area (Å²) in [5.74, 6) is 0.250. The molecule has 0 radical (unpaired) electrons. The number of thiophene rings is 1. The van der Waals surface area contributed by atoms with Gasteiger partial charge in [-0.1, -0.05) is 6.07 Å². The highest BCUT2D eigenvalue weighted by Gasteiger charge is 2.37. The molecule has 0 saturated carbocycles. The number of hydrogen-bond acceptors (Lipinski definition) is 4. The van der Waals surface area contributed by atoms with Crippen molar-refractivity contribution in [3.05, 3.63) is 22.4 Å². The topological polar surface area (TPSA) is 49.4 Å². The summed E-state index contributed by atoms with van der Waals surface area (Å²) in [6, 6.07) is 4.43. The number of rotatable bonds is 4. The van der Waals surface area contributed by atoms with Crippen LogP contribution in [0.4, 0.5) is 0 Å². The average molecular weight is 292 g/mol. The lowest BCUT2D eigenvalue weighted by molar-refractivity contribution is -0.133. The van der Waals surface area contributed by atoms with Gasteiger partial charge in [0, 0.05) is 31.5 Å². The summed E-state index contributed by atoms with van der Waals surface area (Å²) in [4.78, 5) is 27.2. The highest BCUT2D eigenvalue weighted by atomic mass is 32.1. The summed E-state index contributed by atoms with van der Waals surface area (Å²) in [5, 5.41) is 5.29. The zero-order chi connectivity index (χ0) is 13.9. The number of ketones is 1. The van der Waals surface area contributed by atoms with Gasteiger partial charge in [-0.3, -0.25) is 9.59 Å². The van der Waals surface area contributed by atoms with Gasteiger partial charge in [-0.25, -0.2) is 0 Å². The van der Waals surface area contributed by atoms with Gasteiger partial charge < -0.3 is 10.2 Å². The molecule has 1 aromatic rings. The maximum absolute atomic E-state index is 12.4. The molecule has 0 spiro atoms. The lowest BCUT2D eigenvalue weighted by Crippen LogP contribution is -2.42. The maximum Gasteiger partial charge on any atom is 0.223 e. The van der Waals surface area contributed by atoms with Crippen LogP contribution in [-0.2, 0) is 4.79 Å². The Bertz CT molecular complexity index is 472. The van der Waals surface area contributed by atoms with E-state index >= 15 is 0 Å². The van der Waals surface area contributed by atoms with Crippen LogP contribution in [0.3, 0.4) is 0 Å². The van der Waals surface area contributed by atoms with Crippen molar-refractivity contribution in [2.45, 2.75) is 44.2 Å². The molecule has 20 heavy (non-hydrogen) atoms.